The molecule has 0 aliphatic rings. The third-order valence-corrected chi connectivity index (χ3v) is 5.67. The lowest BCUT2D eigenvalue weighted by molar-refractivity contribution is 0.0702. The van der Waals surface area contributed by atoms with E-state index in [1.54, 1.807) is 25.1 Å². The molecule has 0 aliphatic heterocycles. The second kappa shape index (κ2) is 5.74. The summed E-state index contributed by atoms with van der Waals surface area (Å²) < 4.78 is 31.9. The zero-order valence-electron chi connectivity index (χ0n) is 11.3. The molecule has 112 valence electrons. The molecule has 2 N–H and O–H groups in total. The van der Waals surface area contributed by atoms with E-state index < -0.39 is 16.0 Å². The first-order chi connectivity index (χ1) is 9.83. The highest BCUT2D eigenvalue weighted by Crippen LogP contribution is 2.27. The van der Waals surface area contributed by atoms with Gasteiger partial charge in [-0.1, -0.05) is 0 Å². The Morgan fingerprint density at radius 3 is 2.52 bits per heavy atom. The van der Waals surface area contributed by atoms with Gasteiger partial charge in [-0.05, 0) is 42.8 Å². The van der Waals surface area contributed by atoms with E-state index in [2.05, 4.69) is 4.72 Å². The van der Waals surface area contributed by atoms with Crippen molar-refractivity contribution in [2.75, 3.05) is 11.8 Å². The van der Waals surface area contributed by atoms with Crippen molar-refractivity contribution < 1.29 is 23.1 Å². The molecule has 8 heteroatoms. The molecule has 0 fully saturated rings. The SMILES string of the molecule is COc1ccc(NS(=O)(=O)c2ccc(C(=O)O)s2)c(C)c1. The molecule has 1 aromatic heterocycles. The number of aromatic carboxylic acids is 1. The Labute approximate surface area is 126 Å². The number of benzene rings is 1. The molecule has 2 aromatic rings. The van der Waals surface area contributed by atoms with Crippen molar-refractivity contribution in [1.29, 1.82) is 0 Å². The minimum atomic E-state index is -3.80. The van der Waals surface area contributed by atoms with E-state index in [1.165, 1.54) is 19.2 Å². The number of carbonyl (C=O) groups is 1. The van der Waals surface area contributed by atoms with Crippen LogP contribution < -0.4 is 9.46 Å². The predicted octanol–water partition coefficient (Wildman–Crippen LogP) is 2.56. The number of thiophene rings is 1. The molecule has 6 nitrogen and oxygen atoms in total. The summed E-state index contributed by atoms with van der Waals surface area (Å²) in [5.74, 6) is -0.526. The fraction of sp³-hybridized carbons (Fsp3) is 0.154. The fourth-order valence-electron chi connectivity index (χ4n) is 1.65. The molecule has 0 radical (unpaired) electrons. The molecule has 0 bridgehead atoms. The fourth-order valence-corrected chi connectivity index (χ4v) is 3.93. The lowest BCUT2D eigenvalue weighted by atomic mass is 10.2. The van der Waals surface area contributed by atoms with Crippen LogP contribution in [0.4, 0.5) is 5.69 Å². The van der Waals surface area contributed by atoms with Crippen molar-refractivity contribution in [3.63, 3.8) is 0 Å². The molecule has 0 aliphatic carbocycles. The Balaban J connectivity index is 2.30. The van der Waals surface area contributed by atoms with Gasteiger partial charge in [-0.15, -0.1) is 11.3 Å². The van der Waals surface area contributed by atoms with Gasteiger partial charge in [0.1, 0.15) is 14.8 Å². The number of rotatable bonds is 5. The maximum atomic E-state index is 12.2. The topological polar surface area (TPSA) is 92.7 Å². The molecule has 0 atom stereocenters. The summed E-state index contributed by atoms with van der Waals surface area (Å²) in [4.78, 5) is 10.8. The number of nitrogens with one attached hydrogen (secondary N) is 1. The molecule has 21 heavy (non-hydrogen) atoms. The highest BCUT2D eigenvalue weighted by Gasteiger charge is 2.19. The normalized spacial score (nSPS) is 11.1. The second-order valence-corrected chi connectivity index (χ2v) is 7.20. The quantitative estimate of drug-likeness (QED) is 0.880. The summed E-state index contributed by atoms with van der Waals surface area (Å²) in [5, 5.41) is 8.84. The van der Waals surface area contributed by atoms with Crippen LogP contribution in [0.5, 0.6) is 5.75 Å². The van der Waals surface area contributed by atoms with Gasteiger partial charge in [0.25, 0.3) is 10.0 Å². The minimum absolute atomic E-state index is 0.0261. The summed E-state index contributed by atoms with van der Waals surface area (Å²) in [5.41, 5.74) is 1.12. The Bertz CT molecular complexity index is 780. The molecule has 0 amide bonds. The number of ether oxygens (including phenoxy) is 1. The Morgan fingerprint density at radius 1 is 1.29 bits per heavy atom. The Hall–Kier alpha value is -2.06. The summed E-state index contributed by atoms with van der Waals surface area (Å²) in [6.07, 6.45) is 0. The van der Waals surface area contributed by atoms with Gasteiger partial charge in [0.15, 0.2) is 0 Å². The van der Waals surface area contributed by atoms with Crippen molar-refractivity contribution >= 4 is 33.0 Å². The summed E-state index contributed by atoms with van der Waals surface area (Å²) in [6, 6.07) is 7.48. The first-order valence-corrected chi connectivity index (χ1v) is 8.14. The maximum Gasteiger partial charge on any atom is 0.345 e. The van der Waals surface area contributed by atoms with Crippen LogP contribution in [-0.2, 0) is 10.0 Å². The van der Waals surface area contributed by atoms with E-state index in [4.69, 9.17) is 9.84 Å². The Morgan fingerprint density at radius 2 is 2.00 bits per heavy atom. The van der Waals surface area contributed by atoms with Crippen LogP contribution in [0.2, 0.25) is 0 Å². The molecule has 0 saturated carbocycles. The first-order valence-electron chi connectivity index (χ1n) is 5.84. The number of anilines is 1. The van der Waals surface area contributed by atoms with Crippen molar-refractivity contribution in [1.82, 2.24) is 0 Å². The van der Waals surface area contributed by atoms with E-state index in [0.29, 0.717) is 28.3 Å². The van der Waals surface area contributed by atoms with Crippen molar-refractivity contribution in [3.8, 4) is 5.75 Å². The monoisotopic (exact) mass is 327 g/mol. The van der Waals surface area contributed by atoms with Crippen LogP contribution in [0.3, 0.4) is 0 Å². The number of sulfonamides is 1. The summed E-state index contributed by atoms with van der Waals surface area (Å²) in [6.45, 7) is 1.75. The molecule has 2 rings (SSSR count). The van der Waals surface area contributed by atoms with Gasteiger partial charge in [0.05, 0.1) is 12.8 Å². The second-order valence-electron chi connectivity index (χ2n) is 4.21. The average molecular weight is 327 g/mol. The molecule has 0 spiro atoms. The smallest absolute Gasteiger partial charge is 0.345 e. The third kappa shape index (κ3) is 3.34. The molecular formula is C13H13NO5S2. The number of hydrogen-bond donors (Lipinski definition) is 2. The highest BCUT2D eigenvalue weighted by atomic mass is 32.2. The van der Waals surface area contributed by atoms with Crippen molar-refractivity contribution in [2.45, 2.75) is 11.1 Å². The molecule has 1 heterocycles. The molecule has 0 unspecified atom stereocenters. The minimum Gasteiger partial charge on any atom is -0.497 e. The standard InChI is InChI=1S/C13H13NO5S2/c1-8-7-9(19-2)3-4-10(8)14-21(17,18)12-6-5-11(20-12)13(15)16/h3-7,14H,1-2H3,(H,15,16). The van der Waals surface area contributed by atoms with E-state index in [0.717, 1.165) is 0 Å². The zero-order chi connectivity index (χ0) is 15.6. The number of carboxylic acids is 1. The van der Waals surface area contributed by atoms with Gasteiger partial charge in [-0.25, -0.2) is 13.2 Å². The van der Waals surface area contributed by atoms with Crippen LogP contribution in [-0.4, -0.2) is 26.6 Å². The third-order valence-electron chi connectivity index (χ3n) is 2.73. The summed E-state index contributed by atoms with van der Waals surface area (Å²) >= 11 is 0.706. The molecule has 0 saturated heterocycles. The number of aryl methyl sites for hydroxylation is 1. The lowest BCUT2D eigenvalue weighted by Gasteiger charge is -2.10. The van der Waals surface area contributed by atoms with E-state index in [-0.39, 0.29) is 9.09 Å². The average Bonchev–Trinajstić information content (AvgIpc) is 2.91. The largest absolute Gasteiger partial charge is 0.497 e. The zero-order valence-corrected chi connectivity index (χ0v) is 12.9. The number of hydrogen-bond acceptors (Lipinski definition) is 5. The maximum absolute atomic E-state index is 12.2. The van der Waals surface area contributed by atoms with Crippen LogP contribution in [0.15, 0.2) is 34.5 Å². The van der Waals surface area contributed by atoms with Gasteiger partial charge >= 0.3 is 5.97 Å². The van der Waals surface area contributed by atoms with Crippen LogP contribution in [0.1, 0.15) is 15.2 Å². The lowest BCUT2D eigenvalue weighted by Crippen LogP contribution is -2.12. The number of carboxylic acid groups (broad SMARTS) is 1. The van der Waals surface area contributed by atoms with Crippen LogP contribution >= 0.6 is 11.3 Å². The van der Waals surface area contributed by atoms with Gasteiger partial charge < -0.3 is 9.84 Å². The highest BCUT2D eigenvalue weighted by molar-refractivity contribution is 7.94. The van der Waals surface area contributed by atoms with Crippen LogP contribution in [0, 0.1) is 6.92 Å². The molecular weight excluding hydrogens is 314 g/mol. The predicted molar refractivity (Wildman–Crippen MR) is 79.8 cm³/mol. The van der Waals surface area contributed by atoms with E-state index >= 15 is 0 Å². The van der Waals surface area contributed by atoms with Crippen molar-refractivity contribution in [2.24, 2.45) is 0 Å². The van der Waals surface area contributed by atoms with Crippen molar-refractivity contribution in [3.05, 3.63) is 40.8 Å². The van der Waals surface area contributed by atoms with E-state index in [9.17, 15) is 13.2 Å². The van der Waals surface area contributed by atoms with Gasteiger partial charge in [0, 0.05) is 0 Å². The first kappa shape index (κ1) is 15.3. The summed E-state index contributed by atoms with van der Waals surface area (Å²) in [7, 11) is -2.28. The van der Waals surface area contributed by atoms with Gasteiger partial charge in [0.2, 0.25) is 0 Å². The van der Waals surface area contributed by atoms with Gasteiger partial charge in [-0.3, -0.25) is 4.72 Å². The molecule has 1 aromatic carbocycles. The Kier molecular flexibility index (Phi) is 4.19. The van der Waals surface area contributed by atoms with Gasteiger partial charge in [-0.2, -0.15) is 0 Å². The van der Waals surface area contributed by atoms with Crippen LogP contribution in [0.25, 0.3) is 0 Å². The number of methoxy groups -OCH3 is 1. The van der Waals surface area contributed by atoms with E-state index in [1.807, 2.05) is 0 Å².